The third kappa shape index (κ3) is 2.77. The Morgan fingerprint density at radius 2 is 2.47 bits per heavy atom. The number of rotatable bonds is 6. The Bertz CT molecular complexity index is 337. The van der Waals surface area contributed by atoms with E-state index in [1.165, 1.54) is 19.2 Å². The van der Waals surface area contributed by atoms with E-state index in [9.17, 15) is 0 Å². The Balaban J connectivity index is 1.62. The molecule has 0 bridgehead atoms. The normalized spacial score (nSPS) is 17.3. The van der Waals surface area contributed by atoms with E-state index in [2.05, 4.69) is 21.5 Å². The molecule has 1 aromatic heterocycles. The first-order valence-electron chi connectivity index (χ1n) is 5.18. The summed E-state index contributed by atoms with van der Waals surface area (Å²) in [6.07, 6.45) is 5.18. The van der Waals surface area contributed by atoms with E-state index < -0.39 is 0 Å². The second kappa shape index (κ2) is 4.41. The van der Waals surface area contributed by atoms with Crippen LogP contribution in [0.1, 0.15) is 25.2 Å². The van der Waals surface area contributed by atoms with Crippen LogP contribution in [0.25, 0.3) is 0 Å². The second-order valence-electron chi connectivity index (χ2n) is 4.10. The third-order valence-electron chi connectivity index (χ3n) is 2.83. The van der Waals surface area contributed by atoms with Gasteiger partial charge in [-0.25, -0.2) is 0 Å². The van der Waals surface area contributed by atoms with Gasteiger partial charge in [0.1, 0.15) is 0 Å². The van der Waals surface area contributed by atoms with Gasteiger partial charge in [-0.1, -0.05) is 5.16 Å². The molecule has 0 atom stereocenters. The molecule has 1 N–H and O–H groups in total. The molecule has 5 nitrogen and oxygen atoms in total. The molecular formula is C10H14N4O. The van der Waals surface area contributed by atoms with Gasteiger partial charge < -0.3 is 9.84 Å². The van der Waals surface area contributed by atoms with Crippen LogP contribution >= 0.6 is 0 Å². The summed E-state index contributed by atoms with van der Waals surface area (Å²) in [6.45, 7) is 1.75. The van der Waals surface area contributed by atoms with Crippen LogP contribution < -0.4 is 5.32 Å². The fourth-order valence-corrected chi connectivity index (χ4v) is 1.62. The van der Waals surface area contributed by atoms with E-state index in [0.29, 0.717) is 12.3 Å². The van der Waals surface area contributed by atoms with Gasteiger partial charge in [0.05, 0.1) is 6.07 Å². The summed E-state index contributed by atoms with van der Waals surface area (Å²) in [5.41, 5.74) is 0.267. The molecule has 1 fully saturated rings. The van der Waals surface area contributed by atoms with E-state index >= 15 is 0 Å². The van der Waals surface area contributed by atoms with E-state index in [0.717, 1.165) is 19.5 Å². The highest BCUT2D eigenvalue weighted by Gasteiger charge is 2.41. The number of hydrogen-bond donors (Lipinski definition) is 1. The van der Waals surface area contributed by atoms with Crippen LogP contribution in [-0.2, 0) is 6.42 Å². The molecule has 80 valence electrons. The van der Waals surface area contributed by atoms with Gasteiger partial charge in [-0.15, -0.1) is 0 Å². The topological polar surface area (TPSA) is 74.7 Å². The van der Waals surface area contributed by atoms with Gasteiger partial charge in [0.15, 0.2) is 6.33 Å². The summed E-state index contributed by atoms with van der Waals surface area (Å²) < 4.78 is 4.88. The van der Waals surface area contributed by atoms with Gasteiger partial charge in [-0.3, -0.25) is 0 Å². The molecule has 2 rings (SSSR count). The van der Waals surface area contributed by atoms with Crippen LogP contribution in [0.4, 0.5) is 0 Å². The average molecular weight is 206 g/mol. The van der Waals surface area contributed by atoms with Crippen molar-refractivity contribution in [1.29, 1.82) is 5.26 Å². The van der Waals surface area contributed by atoms with Crippen molar-refractivity contribution in [1.82, 2.24) is 15.5 Å². The lowest BCUT2D eigenvalue weighted by Gasteiger charge is -2.10. The molecular weight excluding hydrogens is 192 g/mol. The first-order chi connectivity index (χ1) is 7.35. The minimum absolute atomic E-state index is 0.267. The zero-order valence-electron chi connectivity index (χ0n) is 8.57. The monoisotopic (exact) mass is 206 g/mol. The Morgan fingerprint density at radius 1 is 1.60 bits per heavy atom. The largest absolute Gasteiger partial charge is 0.340 e. The number of aromatic nitrogens is 2. The molecule has 0 unspecified atom stereocenters. The van der Waals surface area contributed by atoms with Crippen molar-refractivity contribution in [2.24, 2.45) is 5.41 Å². The molecule has 0 radical (unpaired) electrons. The summed E-state index contributed by atoms with van der Waals surface area (Å²) >= 11 is 0. The third-order valence-corrected chi connectivity index (χ3v) is 2.83. The van der Waals surface area contributed by atoms with Gasteiger partial charge in [-0.2, -0.15) is 10.2 Å². The molecule has 1 aromatic rings. The zero-order chi connectivity index (χ0) is 10.6. The highest BCUT2D eigenvalue weighted by Crippen LogP contribution is 2.47. The molecule has 0 aliphatic heterocycles. The summed E-state index contributed by atoms with van der Waals surface area (Å²) in [7, 11) is 0. The standard InChI is InChI=1S/C10H14N4O/c11-5-4-10(2-3-10)7-12-6-1-9-13-8-14-15-9/h8,12H,1-4,6-7H2. The summed E-state index contributed by atoms with van der Waals surface area (Å²) in [4.78, 5) is 3.93. The molecule has 1 aliphatic rings. The molecule has 1 saturated carbocycles. The maximum absolute atomic E-state index is 8.64. The van der Waals surface area contributed by atoms with Crippen LogP contribution in [0.3, 0.4) is 0 Å². The Morgan fingerprint density at radius 3 is 3.07 bits per heavy atom. The lowest BCUT2D eigenvalue weighted by Crippen LogP contribution is -2.25. The van der Waals surface area contributed by atoms with Crippen LogP contribution in [0, 0.1) is 16.7 Å². The first kappa shape index (κ1) is 10.1. The number of nitrogens with one attached hydrogen (secondary N) is 1. The smallest absolute Gasteiger partial charge is 0.227 e. The molecule has 0 spiro atoms. The van der Waals surface area contributed by atoms with E-state index in [1.807, 2.05) is 0 Å². The van der Waals surface area contributed by atoms with Gasteiger partial charge in [0, 0.05) is 25.9 Å². The van der Waals surface area contributed by atoms with Crippen molar-refractivity contribution in [3.63, 3.8) is 0 Å². The predicted octanol–water partition coefficient (Wildman–Crippen LogP) is 0.896. The maximum atomic E-state index is 8.64. The Hall–Kier alpha value is -1.41. The molecule has 1 heterocycles. The van der Waals surface area contributed by atoms with Crippen molar-refractivity contribution in [2.75, 3.05) is 13.1 Å². The lowest BCUT2D eigenvalue weighted by molar-refractivity contribution is 0.371. The Labute approximate surface area is 88.5 Å². The van der Waals surface area contributed by atoms with E-state index in [-0.39, 0.29) is 5.41 Å². The highest BCUT2D eigenvalue weighted by atomic mass is 16.5. The molecule has 5 heteroatoms. The minimum atomic E-state index is 0.267. The quantitative estimate of drug-likeness (QED) is 0.700. The minimum Gasteiger partial charge on any atom is -0.340 e. The molecule has 0 saturated heterocycles. The second-order valence-corrected chi connectivity index (χ2v) is 4.10. The molecule has 0 aromatic carbocycles. The van der Waals surface area contributed by atoms with Crippen LogP contribution in [0.2, 0.25) is 0 Å². The predicted molar refractivity (Wildman–Crippen MR) is 52.8 cm³/mol. The fraction of sp³-hybridized carbons (Fsp3) is 0.700. The van der Waals surface area contributed by atoms with Crippen LogP contribution in [0.15, 0.2) is 10.9 Å². The van der Waals surface area contributed by atoms with Gasteiger partial charge in [-0.05, 0) is 18.3 Å². The molecule has 1 aliphatic carbocycles. The summed E-state index contributed by atoms with van der Waals surface area (Å²) in [6, 6.07) is 2.24. The lowest BCUT2D eigenvalue weighted by atomic mass is 10.0. The Kier molecular flexibility index (Phi) is 2.97. The maximum Gasteiger partial charge on any atom is 0.227 e. The molecule has 0 amide bonds. The van der Waals surface area contributed by atoms with Crippen molar-refractivity contribution in [2.45, 2.75) is 25.7 Å². The van der Waals surface area contributed by atoms with Crippen molar-refractivity contribution >= 4 is 0 Å². The number of hydrogen-bond acceptors (Lipinski definition) is 5. The van der Waals surface area contributed by atoms with Crippen molar-refractivity contribution in [3.05, 3.63) is 12.2 Å². The zero-order valence-corrected chi connectivity index (χ0v) is 8.57. The first-order valence-corrected chi connectivity index (χ1v) is 5.18. The van der Waals surface area contributed by atoms with Gasteiger partial charge >= 0.3 is 0 Å². The summed E-state index contributed by atoms with van der Waals surface area (Å²) in [5.74, 6) is 0.660. The van der Waals surface area contributed by atoms with Crippen LogP contribution in [-0.4, -0.2) is 23.2 Å². The molecule has 15 heavy (non-hydrogen) atoms. The number of nitrogens with zero attached hydrogens (tertiary/aromatic N) is 3. The average Bonchev–Trinajstić information content (AvgIpc) is 2.80. The van der Waals surface area contributed by atoms with Gasteiger partial charge in [0.2, 0.25) is 5.89 Å². The number of nitriles is 1. The highest BCUT2D eigenvalue weighted by molar-refractivity contribution is 5.00. The van der Waals surface area contributed by atoms with Crippen molar-refractivity contribution < 1.29 is 4.52 Å². The summed E-state index contributed by atoms with van der Waals surface area (Å²) in [5, 5.41) is 15.5. The fourth-order valence-electron chi connectivity index (χ4n) is 1.62. The SMILES string of the molecule is N#CCC1(CNCCc2ncno2)CC1. The van der Waals surface area contributed by atoms with Crippen molar-refractivity contribution in [3.8, 4) is 6.07 Å². The van der Waals surface area contributed by atoms with Gasteiger partial charge in [0.25, 0.3) is 0 Å². The van der Waals surface area contributed by atoms with E-state index in [1.54, 1.807) is 0 Å². The van der Waals surface area contributed by atoms with E-state index in [4.69, 9.17) is 9.78 Å². The van der Waals surface area contributed by atoms with Crippen LogP contribution in [0.5, 0.6) is 0 Å².